The average Bonchev–Trinajstić information content (AvgIpc) is 4.06. The third-order valence-corrected chi connectivity index (χ3v) is 16.4. The van der Waals surface area contributed by atoms with E-state index in [0.717, 1.165) is 97.3 Å². The summed E-state index contributed by atoms with van der Waals surface area (Å²) in [6.45, 7) is 4.22. The second kappa shape index (κ2) is 18.9. The van der Waals surface area contributed by atoms with Crippen molar-refractivity contribution in [2.24, 2.45) is 0 Å². The molecular formula is C51H54Cl2N6O7S2. The molecule has 356 valence electrons. The first-order valence-corrected chi connectivity index (χ1v) is 28.0. The van der Waals surface area contributed by atoms with Crippen LogP contribution in [0.15, 0.2) is 94.7 Å². The van der Waals surface area contributed by atoms with Crippen molar-refractivity contribution in [3.8, 4) is 11.5 Å². The fourth-order valence-corrected chi connectivity index (χ4v) is 11.7. The molecule has 68 heavy (non-hydrogen) atoms. The number of nitrogens with zero attached hydrogens (tertiary/aromatic N) is 6. The monoisotopic (exact) mass is 996 g/mol. The van der Waals surface area contributed by atoms with E-state index in [1.54, 1.807) is 12.1 Å². The molecule has 10 rings (SSSR count). The van der Waals surface area contributed by atoms with Crippen molar-refractivity contribution < 1.29 is 31.1 Å². The Balaban J connectivity index is 1.04. The smallest absolute Gasteiger partial charge is 0.200 e. The van der Waals surface area contributed by atoms with Gasteiger partial charge < -0.3 is 29.1 Å². The summed E-state index contributed by atoms with van der Waals surface area (Å²) in [5.74, 6) is 1.65. The van der Waals surface area contributed by atoms with Gasteiger partial charge in [-0.1, -0.05) is 23.2 Å². The van der Waals surface area contributed by atoms with E-state index in [9.17, 15) is 16.8 Å². The van der Waals surface area contributed by atoms with Crippen LogP contribution in [0.4, 0.5) is 23.0 Å². The first kappa shape index (κ1) is 46.4. The molecule has 13 nitrogen and oxygen atoms in total. The quantitative estimate of drug-likeness (QED) is 0.108. The minimum Gasteiger partial charge on any atom is -0.487 e. The number of pyridine rings is 2. The van der Waals surface area contributed by atoms with Crippen molar-refractivity contribution in [1.82, 2.24) is 9.97 Å². The summed E-state index contributed by atoms with van der Waals surface area (Å²) in [6, 6.07) is 25.3. The number of carbonyl (C=O) groups excluding carboxylic acids is 1. The summed E-state index contributed by atoms with van der Waals surface area (Å²) in [7, 11) is -7.73. The number of piperazine rings is 2. The number of rotatable bonds is 12. The van der Waals surface area contributed by atoms with Crippen molar-refractivity contribution in [3.63, 3.8) is 0 Å². The molecule has 2 saturated heterocycles. The number of carbonyl (C=O) groups is 1. The lowest BCUT2D eigenvalue weighted by molar-refractivity contribution is 0.102. The molecular weight excluding hydrogens is 944 g/mol. The van der Waals surface area contributed by atoms with Crippen molar-refractivity contribution in [3.05, 3.63) is 106 Å². The average molecular weight is 998 g/mol. The highest BCUT2D eigenvalue weighted by molar-refractivity contribution is 7.91. The third-order valence-electron chi connectivity index (χ3n) is 13.8. The minimum absolute atomic E-state index is 0.0359. The number of hydrogen-bond donors (Lipinski definition) is 0. The van der Waals surface area contributed by atoms with Gasteiger partial charge in [-0.2, -0.15) is 0 Å². The maximum absolute atomic E-state index is 15.8. The Bertz CT molecular complexity index is 2940. The van der Waals surface area contributed by atoms with E-state index in [1.165, 1.54) is 12.1 Å². The van der Waals surface area contributed by atoms with Crippen LogP contribution in [0.3, 0.4) is 0 Å². The van der Waals surface area contributed by atoms with Crippen molar-refractivity contribution in [2.45, 2.75) is 73.4 Å². The van der Waals surface area contributed by atoms with Gasteiger partial charge in [0.15, 0.2) is 31.2 Å². The van der Waals surface area contributed by atoms with E-state index in [1.807, 2.05) is 60.7 Å². The molecule has 0 unspecified atom stereocenters. The van der Waals surface area contributed by atoms with Gasteiger partial charge in [-0.15, -0.1) is 0 Å². The fourth-order valence-electron chi connectivity index (χ4n) is 10.0. The Kier molecular flexibility index (Phi) is 12.9. The normalized spacial score (nSPS) is 17.7. The standard InChI is InChI=1S/C51H54Cl2N6O7S2/c1-67(61,62)39-29-41(50(65-37-7-3-4-8-37)45(31-39)56-19-23-58(24-20-56)47-17-11-33-27-35(52)13-15-43(33)54-47)49(60)42-30-40(68(2,63)64)32-46(51(42)66-38-9-5-6-10-38)57-21-25-59(26-22-57)48-18-12-34-28-36(53)14-16-44(34)55-48/h11-18,27-32,37-38H,3-10,19-26H2,1-2H3. The van der Waals surface area contributed by atoms with E-state index in [4.69, 9.17) is 42.6 Å². The SMILES string of the molecule is CS(=O)(=O)c1cc(C(=O)c2cc(S(C)(=O)=O)cc(N3CCN(c4ccc5cc(Cl)ccc5n4)CC3)c2OC2CCCC2)c(OC2CCCC2)c(N2CCN(c3ccc4cc(Cl)ccc4n3)CC2)c1. The van der Waals surface area contributed by atoms with E-state index in [0.29, 0.717) is 85.3 Å². The van der Waals surface area contributed by atoms with Gasteiger partial charge in [-0.3, -0.25) is 4.79 Å². The Morgan fingerprint density at radius 2 is 0.882 bits per heavy atom. The van der Waals surface area contributed by atoms with Crippen LogP contribution < -0.4 is 29.1 Å². The van der Waals surface area contributed by atoms with Crippen LogP contribution in [-0.2, 0) is 19.7 Å². The Labute approximate surface area is 407 Å². The van der Waals surface area contributed by atoms with E-state index in [-0.39, 0.29) is 33.1 Å². The van der Waals surface area contributed by atoms with Crippen molar-refractivity contribution in [2.75, 3.05) is 84.5 Å². The number of ketones is 1. The molecule has 2 aliphatic carbocycles. The van der Waals surface area contributed by atoms with E-state index in [2.05, 4.69) is 19.6 Å². The molecule has 0 radical (unpaired) electrons. The molecule has 0 spiro atoms. The zero-order chi connectivity index (χ0) is 47.3. The summed E-state index contributed by atoms with van der Waals surface area (Å²) in [5, 5.41) is 3.17. The number of fused-ring (bicyclic) bond motifs is 2. The number of halogens is 2. The van der Waals surface area contributed by atoms with Crippen molar-refractivity contribution in [1.29, 1.82) is 0 Å². The second-order valence-corrected chi connectivity index (χ2v) is 23.4. The van der Waals surface area contributed by atoms with Gasteiger partial charge in [0, 0.05) is 85.7 Å². The molecule has 4 heterocycles. The first-order chi connectivity index (χ1) is 32.6. The molecule has 6 aromatic rings. The zero-order valence-corrected chi connectivity index (χ0v) is 41.3. The van der Waals surface area contributed by atoms with Crippen LogP contribution in [0.2, 0.25) is 10.0 Å². The maximum atomic E-state index is 15.8. The van der Waals surface area contributed by atoms with Crippen LogP contribution in [0.25, 0.3) is 21.8 Å². The zero-order valence-electron chi connectivity index (χ0n) is 38.2. The molecule has 4 aliphatic rings. The molecule has 4 aromatic carbocycles. The molecule has 17 heteroatoms. The summed E-state index contributed by atoms with van der Waals surface area (Å²) in [6.07, 6.45) is 8.87. The van der Waals surface area contributed by atoms with Crippen LogP contribution in [0, 0.1) is 0 Å². The van der Waals surface area contributed by atoms with Crippen LogP contribution in [0.5, 0.6) is 11.5 Å². The van der Waals surface area contributed by atoms with Gasteiger partial charge in [0.25, 0.3) is 0 Å². The highest BCUT2D eigenvalue weighted by atomic mass is 35.5. The van der Waals surface area contributed by atoms with Gasteiger partial charge >= 0.3 is 0 Å². The van der Waals surface area contributed by atoms with Crippen LogP contribution in [0.1, 0.15) is 67.3 Å². The summed E-state index contributed by atoms with van der Waals surface area (Å²) < 4.78 is 68.3. The fraction of sp³-hybridized carbons (Fsp3) is 0.392. The molecule has 4 fully saturated rings. The predicted molar refractivity (Wildman–Crippen MR) is 271 cm³/mol. The highest BCUT2D eigenvalue weighted by Crippen LogP contribution is 2.44. The lowest BCUT2D eigenvalue weighted by Crippen LogP contribution is -2.47. The summed E-state index contributed by atoms with van der Waals surface area (Å²) in [4.78, 5) is 34.1. The molecule has 0 atom stereocenters. The lowest BCUT2D eigenvalue weighted by Gasteiger charge is -2.38. The van der Waals surface area contributed by atoms with Gasteiger partial charge in [0.1, 0.15) is 11.6 Å². The molecule has 2 aliphatic heterocycles. The Morgan fingerprint density at radius 3 is 1.25 bits per heavy atom. The molecule has 2 aromatic heterocycles. The number of benzene rings is 4. The molecule has 0 amide bonds. The Hall–Kier alpha value is -5.35. The van der Waals surface area contributed by atoms with Crippen LogP contribution >= 0.6 is 23.2 Å². The summed E-state index contributed by atoms with van der Waals surface area (Å²) >= 11 is 12.5. The molecule has 0 bridgehead atoms. The number of anilines is 4. The lowest BCUT2D eigenvalue weighted by atomic mass is 9.98. The van der Waals surface area contributed by atoms with Gasteiger partial charge in [0.2, 0.25) is 5.78 Å². The van der Waals surface area contributed by atoms with Gasteiger partial charge in [-0.25, -0.2) is 26.8 Å². The van der Waals surface area contributed by atoms with E-state index < -0.39 is 25.5 Å². The van der Waals surface area contributed by atoms with Crippen LogP contribution in [-0.4, -0.2) is 110 Å². The second-order valence-electron chi connectivity index (χ2n) is 18.5. The summed E-state index contributed by atoms with van der Waals surface area (Å²) in [5.41, 5.74) is 2.77. The molecule has 2 saturated carbocycles. The topological polar surface area (TPSA) is 143 Å². The van der Waals surface area contributed by atoms with Gasteiger partial charge in [0.05, 0.1) is 55.5 Å². The van der Waals surface area contributed by atoms with E-state index >= 15 is 4.79 Å². The van der Waals surface area contributed by atoms with Crippen molar-refractivity contribution >= 4 is 93.5 Å². The number of hydrogen-bond acceptors (Lipinski definition) is 13. The number of aromatic nitrogens is 2. The highest BCUT2D eigenvalue weighted by Gasteiger charge is 2.35. The first-order valence-electron chi connectivity index (χ1n) is 23.4. The Morgan fingerprint density at radius 1 is 0.515 bits per heavy atom. The van der Waals surface area contributed by atoms with Gasteiger partial charge in [-0.05, 0) is 136 Å². The predicted octanol–water partition coefficient (Wildman–Crippen LogP) is 9.42. The minimum atomic E-state index is -3.87. The molecule has 0 N–H and O–H groups in total. The largest absolute Gasteiger partial charge is 0.487 e. The maximum Gasteiger partial charge on any atom is 0.200 e. The third kappa shape index (κ3) is 9.77. The number of sulfone groups is 2. The number of ether oxygens (including phenoxy) is 2.